The predicted molar refractivity (Wildman–Crippen MR) is 30.1 cm³/mol. The van der Waals surface area contributed by atoms with Crippen molar-refractivity contribution in [1.29, 1.82) is 0 Å². The van der Waals surface area contributed by atoms with E-state index in [-0.39, 0.29) is 0 Å². The number of hydrogen-bond acceptors (Lipinski definition) is 2. The Balaban J connectivity index is 3.74. The second-order valence-corrected chi connectivity index (χ2v) is 4.87. The van der Waals surface area contributed by atoms with Crippen molar-refractivity contribution in [3.05, 3.63) is 0 Å². The van der Waals surface area contributed by atoms with Gasteiger partial charge >= 0.3 is 0 Å². The first-order chi connectivity index (χ1) is 3.42. The first-order valence-corrected chi connectivity index (χ1v) is 5.21. The molecule has 50 valence electrons. The summed E-state index contributed by atoms with van der Waals surface area (Å²) in [7, 11) is -6.62. The smallest absolute Gasteiger partial charge is 0.273 e. The van der Waals surface area contributed by atoms with Gasteiger partial charge in [-0.15, -0.1) is 0 Å². The van der Waals surface area contributed by atoms with Gasteiger partial charge in [-0.05, 0) is 0 Å². The first-order valence-electron chi connectivity index (χ1n) is 1.74. The third kappa shape index (κ3) is 6.34. The largest absolute Gasteiger partial charge is 0.346 e. The number of rotatable bonds is 2. The van der Waals surface area contributed by atoms with Crippen LogP contribution in [0.1, 0.15) is 0 Å². The minimum absolute atomic E-state index is 0.683. The molecule has 2 unspecified atom stereocenters. The molecule has 8 heavy (non-hydrogen) atoms. The van der Waals surface area contributed by atoms with Crippen LogP contribution in [0.4, 0.5) is 0 Å². The van der Waals surface area contributed by atoms with Crippen LogP contribution in [0.3, 0.4) is 0 Å². The quantitative estimate of drug-likeness (QED) is 0.474. The third-order valence-electron chi connectivity index (χ3n) is 0.362. The van der Waals surface area contributed by atoms with Gasteiger partial charge in [0.2, 0.25) is 0 Å². The van der Waals surface area contributed by atoms with Gasteiger partial charge in [-0.2, -0.15) is 0 Å². The standard InChI is InChI=1S/CH7NO4P2/c2-8(5,6)1-7(3)4/h7H,1H2,(H,3,4)(H3,2,5,6). The van der Waals surface area contributed by atoms with Crippen LogP contribution in [0, 0.1) is 0 Å². The SMILES string of the molecule is NP(=O)(O)C[PH](=O)O. The molecule has 2 atom stereocenters. The Morgan fingerprint density at radius 3 is 2.12 bits per heavy atom. The Labute approximate surface area is 46.9 Å². The third-order valence-corrected chi connectivity index (χ3v) is 3.26. The lowest BCUT2D eigenvalue weighted by Crippen LogP contribution is -1.93. The summed E-state index contributed by atoms with van der Waals surface area (Å²) in [6.45, 7) is 0. The van der Waals surface area contributed by atoms with Gasteiger partial charge in [0, 0.05) is 0 Å². The number of nitrogens with two attached hydrogens (primary N) is 1. The highest BCUT2D eigenvalue weighted by Crippen LogP contribution is 2.39. The normalized spacial score (nSPS) is 21.9. The van der Waals surface area contributed by atoms with Gasteiger partial charge in [-0.1, -0.05) is 0 Å². The Morgan fingerprint density at radius 2 is 2.12 bits per heavy atom. The molecule has 0 spiro atoms. The van der Waals surface area contributed by atoms with Crippen molar-refractivity contribution >= 4 is 15.5 Å². The minimum atomic E-state index is -3.74. The van der Waals surface area contributed by atoms with Crippen molar-refractivity contribution < 1.29 is 18.9 Å². The second kappa shape index (κ2) is 2.76. The molecule has 0 aliphatic rings. The van der Waals surface area contributed by atoms with E-state index in [0.717, 1.165) is 0 Å². The Kier molecular flexibility index (Phi) is 2.88. The lowest BCUT2D eigenvalue weighted by molar-refractivity contribution is 0.477. The molecule has 0 aromatic rings. The minimum Gasteiger partial charge on any atom is -0.346 e. The average Bonchev–Trinajstić information content (AvgIpc) is 1.21. The fraction of sp³-hybridized carbons (Fsp3) is 1.00. The van der Waals surface area contributed by atoms with E-state index in [4.69, 9.17) is 9.79 Å². The molecule has 7 heteroatoms. The van der Waals surface area contributed by atoms with Crippen LogP contribution in [-0.4, -0.2) is 15.7 Å². The van der Waals surface area contributed by atoms with E-state index < -0.39 is 21.5 Å². The molecule has 0 aliphatic heterocycles. The highest BCUT2D eigenvalue weighted by molar-refractivity contribution is 7.66. The maximum atomic E-state index is 10.0. The van der Waals surface area contributed by atoms with E-state index in [1.165, 1.54) is 0 Å². The molecule has 0 aromatic heterocycles. The lowest BCUT2D eigenvalue weighted by Gasteiger charge is -1.98. The van der Waals surface area contributed by atoms with Gasteiger partial charge < -0.3 is 9.79 Å². The Hall–Kier alpha value is 0.340. The van der Waals surface area contributed by atoms with Crippen molar-refractivity contribution in [3.8, 4) is 0 Å². The molecule has 0 saturated carbocycles. The van der Waals surface area contributed by atoms with E-state index in [9.17, 15) is 9.13 Å². The van der Waals surface area contributed by atoms with E-state index in [1.807, 2.05) is 0 Å². The zero-order valence-corrected chi connectivity index (χ0v) is 5.84. The van der Waals surface area contributed by atoms with Gasteiger partial charge in [0.15, 0.2) is 8.03 Å². The van der Waals surface area contributed by atoms with Gasteiger partial charge in [0.05, 0.1) is 0 Å². The molecule has 0 bridgehead atoms. The molecule has 0 heterocycles. The zero-order valence-electron chi connectivity index (χ0n) is 3.94. The Bertz CT molecular complexity index is 137. The van der Waals surface area contributed by atoms with Crippen molar-refractivity contribution in [2.45, 2.75) is 0 Å². The molecule has 0 amide bonds. The van der Waals surface area contributed by atoms with Gasteiger partial charge in [0.25, 0.3) is 7.52 Å². The molecule has 0 aliphatic carbocycles. The summed E-state index contributed by atoms with van der Waals surface area (Å²) in [5.74, 6) is -0.683. The highest BCUT2D eigenvalue weighted by atomic mass is 31.2. The molecular weight excluding hydrogens is 152 g/mol. The average molecular weight is 159 g/mol. The lowest BCUT2D eigenvalue weighted by atomic mass is 11.9. The van der Waals surface area contributed by atoms with Gasteiger partial charge in [-0.3, -0.25) is 14.6 Å². The van der Waals surface area contributed by atoms with E-state index in [1.54, 1.807) is 0 Å². The summed E-state index contributed by atoms with van der Waals surface area (Å²) in [6.07, 6.45) is 0. The summed E-state index contributed by atoms with van der Waals surface area (Å²) in [5, 5.41) is 0. The molecule has 5 nitrogen and oxygen atoms in total. The fourth-order valence-electron chi connectivity index (χ4n) is 0.194. The molecule has 4 N–H and O–H groups in total. The Morgan fingerprint density at radius 1 is 1.75 bits per heavy atom. The van der Waals surface area contributed by atoms with Crippen LogP contribution in [-0.2, 0) is 9.13 Å². The first kappa shape index (κ1) is 8.34. The maximum Gasteiger partial charge on any atom is 0.273 e. The van der Waals surface area contributed by atoms with Crippen LogP contribution in [0.5, 0.6) is 0 Å². The van der Waals surface area contributed by atoms with Crippen molar-refractivity contribution in [2.24, 2.45) is 5.50 Å². The molecular formula is CH7NO4P2. The van der Waals surface area contributed by atoms with E-state index in [0.29, 0.717) is 0 Å². The van der Waals surface area contributed by atoms with Crippen molar-refractivity contribution in [1.82, 2.24) is 0 Å². The summed E-state index contributed by atoms with van der Waals surface area (Å²) >= 11 is 0. The maximum absolute atomic E-state index is 10.0. The monoisotopic (exact) mass is 159 g/mol. The predicted octanol–water partition coefficient (Wildman–Crippen LogP) is -0.445. The summed E-state index contributed by atoms with van der Waals surface area (Å²) < 4.78 is 19.8. The molecule has 0 fully saturated rings. The number of hydrogen-bond donors (Lipinski definition) is 3. The summed E-state index contributed by atoms with van der Waals surface area (Å²) in [6, 6.07) is 0. The topological polar surface area (TPSA) is 101 Å². The van der Waals surface area contributed by atoms with Crippen LogP contribution in [0.25, 0.3) is 0 Å². The highest BCUT2D eigenvalue weighted by Gasteiger charge is 2.12. The molecule has 0 saturated heterocycles. The van der Waals surface area contributed by atoms with Crippen molar-refractivity contribution in [3.63, 3.8) is 0 Å². The zero-order chi connectivity index (χ0) is 6.78. The van der Waals surface area contributed by atoms with E-state index in [2.05, 4.69) is 5.50 Å². The van der Waals surface area contributed by atoms with Crippen LogP contribution >= 0.6 is 15.5 Å². The van der Waals surface area contributed by atoms with Gasteiger partial charge in [-0.25, -0.2) is 0 Å². The molecule has 0 aromatic carbocycles. The van der Waals surface area contributed by atoms with Crippen LogP contribution < -0.4 is 5.50 Å². The van der Waals surface area contributed by atoms with Crippen LogP contribution in [0.15, 0.2) is 0 Å². The fourth-order valence-corrected chi connectivity index (χ4v) is 1.74. The second-order valence-electron chi connectivity index (χ2n) is 1.31. The molecule has 0 rings (SSSR count). The van der Waals surface area contributed by atoms with Crippen molar-refractivity contribution in [2.75, 3.05) is 5.90 Å². The molecule has 0 radical (unpaired) electrons. The summed E-state index contributed by atoms with van der Waals surface area (Å²) in [5.41, 5.74) is 4.51. The van der Waals surface area contributed by atoms with Crippen LogP contribution in [0.2, 0.25) is 0 Å². The van der Waals surface area contributed by atoms with E-state index >= 15 is 0 Å². The summed E-state index contributed by atoms with van der Waals surface area (Å²) in [4.78, 5) is 16.2. The van der Waals surface area contributed by atoms with Gasteiger partial charge in [0.1, 0.15) is 5.90 Å².